The van der Waals surface area contributed by atoms with Gasteiger partial charge in [0.25, 0.3) is 0 Å². The molecule has 4 atom stereocenters. The zero-order valence-corrected chi connectivity index (χ0v) is 28.9. The van der Waals surface area contributed by atoms with Crippen LogP contribution in [0.4, 0.5) is 5.69 Å². The number of carbonyl (C=O) groups is 4. The number of ketones is 1. The Labute approximate surface area is 301 Å². The van der Waals surface area contributed by atoms with Crippen molar-refractivity contribution in [3.63, 3.8) is 0 Å². The van der Waals surface area contributed by atoms with Gasteiger partial charge >= 0.3 is 5.97 Å². The van der Waals surface area contributed by atoms with E-state index < -0.39 is 40.4 Å². The molecule has 0 spiro atoms. The topological polar surface area (TPSA) is 99.2 Å². The number of amides is 2. The molecule has 2 amide bonds. The Bertz CT molecular complexity index is 2130. The van der Waals surface area contributed by atoms with E-state index in [1.807, 2.05) is 109 Å². The summed E-state index contributed by atoms with van der Waals surface area (Å²) in [4.78, 5) is 60.6. The van der Waals surface area contributed by atoms with Gasteiger partial charge in [-0.05, 0) is 82.8 Å². The number of hydrogen-bond donors (Lipinski definition) is 0. The fourth-order valence-corrected chi connectivity index (χ4v) is 8.88. The first-order valence-corrected chi connectivity index (χ1v) is 17.2. The van der Waals surface area contributed by atoms with Crippen molar-refractivity contribution in [3.05, 3.63) is 161 Å². The largest absolute Gasteiger partial charge is 0.497 e. The number of ether oxygens (including phenoxy) is 3. The van der Waals surface area contributed by atoms with E-state index in [2.05, 4.69) is 0 Å². The maximum absolute atomic E-state index is 16.1. The lowest BCUT2D eigenvalue weighted by atomic mass is 9.59. The number of Topliss-reactive ketones (excluding diaryl/α,β-unsaturated/α-hetero) is 1. The standard InChI is InChI=1S/C44H35NO7/c1-4-52-41(48)29-12-11-17-32(26-29)45-39(46)37-38(40(45)47)44(31-15-9-6-10-16-31)36(28-20-24-34(51-3)25-21-28)35(27-18-22-33(50-2)23-19-27)43(37,42(44)49)30-13-7-5-8-14-30/h5-26,37-38H,4H2,1-3H3/t37-,38+,43-,44-/m0/s1. The molecule has 258 valence electrons. The Morgan fingerprint density at radius 2 is 1.08 bits per heavy atom. The molecule has 1 saturated heterocycles. The number of allylic oxidation sites excluding steroid dienone is 2. The van der Waals surface area contributed by atoms with Crippen LogP contribution in [0.3, 0.4) is 0 Å². The minimum atomic E-state index is -1.58. The van der Waals surface area contributed by atoms with Gasteiger partial charge in [-0.1, -0.05) is 91.0 Å². The number of nitrogens with zero attached hydrogens (tertiary/aromatic N) is 1. The lowest BCUT2D eigenvalue weighted by Gasteiger charge is -2.39. The number of methoxy groups -OCH3 is 2. The van der Waals surface area contributed by atoms with E-state index in [4.69, 9.17) is 14.2 Å². The summed E-state index contributed by atoms with van der Waals surface area (Å²) < 4.78 is 16.3. The summed E-state index contributed by atoms with van der Waals surface area (Å²) in [5.74, 6) is -2.77. The fraction of sp³-hybridized carbons (Fsp3) is 0.182. The number of esters is 1. The van der Waals surface area contributed by atoms with E-state index in [1.165, 1.54) is 11.0 Å². The third-order valence-corrected chi connectivity index (χ3v) is 10.8. The zero-order valence-electron chi connectivity index (χ0n) is 28.9. The molecular weight excluding hydrogens is 654 g/mol. The Morgan fingerprint density at radius 1 is 0.615 bits per heavy atom. The quantitative estimate of drug-likeness (QED) is 0.121. The molecule has 0 unspecified atom stereocenters. The third kappa shape index (κ3) is 4.40. The molecule has 1 heterocycles. The first-order chi connectivity index (χ1) is 25.3. The number of fused-ring (bicyclic) bond motifs is 5. The van der Waals surface area contributed by atoms with Crippen molar-refractivity contribution in [2.24, 2.45) is 11.8 Å². The molecule has 5 aromatic carbocycles. The van der Waals surface area contributed by atoms with Crippen molar-refractivity contribution in [1.29, 1.82) is 0 Å². The number of carbonyl (C=O) groups excluding carboxylic acids is 4. The summed E-state index contributed by atoms with van der Waals surface area (Å²) >= 11 is 0. The summed E-state index contributed by atoms with van der Waals surface area (Å²) in [6, 6.07) is 40.0. The highest BCUT2D eigenvalue weighted by molar-refractivity contribution is 6.39. The summed E-state index contributed by atoms with van der Waals surface area (Å²) in [6.45, 7) is 1.88. The van der Waals surface area contributed by atoms with Gasteiger partial charge in [-0.25, -0.2) is 9.69 Å². The van der Waals surface area contributed by atoms with Crippen LogP contribution in [0.15, 0.2) is 133 Å². The Kier molecular flexibility index (Phi) is 7.90. The second-order valence-electron chi connectivity index (χ2n) is 13.1. The Morgan fingerprint density at radius 3 is 1.50 bits per heavy atom. The molecule has 8 nitrogen and oxygen atoms in total. The molecule has 2 fully saturated rings. The van der Waals surface area contributed by atoms with E-state index in [1.54, 1.807) is 39.3 Å². The van der Waals surface area contributed by atoms with Gasteiger partial charge in [-0.2, -0.15) is 0 Å². The number of imide groups is 1. The van der Waals surface area contributed by atoms with Crippen LogP contribution in [0.5, 0.6) is 11.5 Å². The highest BCUT2D eigenvalue weighted by Gasteiger charge is 2.82. The first-order valence-electron chi connectivity index (χ1n) is 17.2. The van der Waals surface area contributed by atoms with Crippen LogP contribution < -0.4 is 14.4 Å². The SMILES string of the molecule is CCOC(=O)c1cccc(N2C(=O)[C@@H]3[C@H](C2=O)[C@@]2(c4ccccc4)C(=O)[C@@]3(c3ccccc3)C(c3ccc(OC)cc3)=C2c2ccc(OC)cc2)c1. The molecule has 0 aromatic heterocycles. The maximum Gasteiger partial charge on any atom is 0.338 e. The van der Waals surface area contributed by atoms with Crippen LogP contribution in [0.25, 0.3) is 11.1 Å². The number of anilines is 1. The average Bonchev–Trinajstić information content (AvgIpc) is 3.70. The van der Waals surface area contributed by atoms with Gasteiger partial charge < -0.3 is 14.2 Å². The molecule has 8 rings (SSSR count). The van der Waals surface area contributed by atoms with Crippen molar-refractivity contribution in [2.75, 3.05) is 25.7 Å². The lowest BCUT2D eigenvalue weighted by molar-refractivity contribution is -0.130. The van der Waals surface area contributed by atoms with Crippen LogP contribution in [0, 0.1) is 11.8 Å². The van der Waals surface area contributed by atoms with Crippen molar-refractivity contribution >= 4 is 40.4 Å². The Hall–Kier alpha value is -6.28. The van der Waals surface area contributed by atoms with Gasteiger partial charge in [0.15, 0.2) is 5.78 Å². The van der Waals surface area contributed by atoms with Gasteiger partial charge in [0.05, 0.1) is 54.7 Å². The monoisotopic (exact) mass is 689 g/mol. The molecule has 52 heavy (non-hydrogen) atoms. The fourth-order valence-electron chi connectivity index (χ4n) is 8.88. The summed E-state index contributed by atoms with van der Waals surface area (Å²) in [7, 11) is 3.18. The number of rotatable bonds is 9. The van der Waals surface area contributed by atoms with Crippen LogP contribution >= 0.6 is 0 Å². The van der Waals surface area contributed by atoms with Gasteiger partial charge in [0.2, 0.25) is 11.8 Å². The summed E-state index contributed by atoms with van der Waals surface area (Å²) in [6.07, 6.45) is 0. The zero-order chi connectivity index (χ0) is 36.2. The second-order valence-corrected chi connectivity index (χ2v) is 13.1. The molecule has 2 aliphatic carbocycles. The minimum Gasteiger partial charge on any atom is -0.497 e. The number of hydrogen-bond acceptors (Lipinski definition) is 7. The smallest absolute Gasteiger partial charge is 0.338 e. The molecule has 1 aliphatic heterocycles. The van der Waals surface area contributed by atoms with Crippen molar-refractivity contribution in [2.45, 2.75) is 17.8 Å². The van der Waals surface area contributed by atoms with Crippen LogP contribution in [-0.4, -0.2) is 44.4 Å². The van der Waals surface area contributed by atoms with Crippen molar-refractivity contribution in [3.8, 4) is 11.5 Å². The average molecular weight is 690 g/mol. The van der Waals surface area contributed by atoms with Gasteiger partial charge in [-0.3, -0.25) is 14.4 Å². The third-order valence-electron chi connectivity index (χ3n) is 10.8. The van der Waals surface area contributed by atoms with E-state index >= 15 is 14.4 Å². The van der Waals surface area contributed by atoms with Gasteiger partial charge in [0.1, 0.15) is 11.5 Å². The second kappa shape index (κ2) is 12.5. The molecular formula is C44H35NO7. The minimum absolute atomic E-state index is 0.171. The van der Waals surface area contributed by atoms with Gasteiger partial charge in [-0.15, -0.1) is 0 Å². The number of benzene rings is 5. The normalized spacial score (nSPS) is 23.2. The maximum atomic E-state index is 16.1. The molecule has 2 bridgehead atoms. The molecule has 0 radical (unpaired) electrons. The van der Waals surface area contributed by atoms with Crippen molar-refractivity contribution < 1.29 is 33.4 Å². The molecule has 5 aromatic rings. The summed E-state index contributed by atoms with van der Waals surface area (Å²) in [5, 5.41) is 0. The first kappa shape index (κ1) is 32.9. The van der Waals surface area contributed by atoms with Crippen molar-refractivity contribution in [1.82, 2.24) is 0 Å². The molecule has 8 heteroatoms. The highest BCUT2D eigenvalue weighted by atomic mass is 16.5. The predicted molar refractivity (Wildman–Crippen MR) is 196 cm³/mol. The van der Waals surface area contributed by atoms with Crippen LogP contribution in [-0.2, 0) is 30.0 Å². The van der Waals surface area contributed by atoms with E-state index in [0.717, 1.165) is 11.1 Å². The molecule has 1 saturated carbocycles. The highest BCUT2D eigenvalue weighted by Crippen LogP contribution is 2.74. The van der Waals surface area contributed by atoms with E-state index in [0.29, 0.717) is 33.8 Å². The summed E-state index contributed by atoms with van der Waals surface area (Å²) in [5.41, 5.74) is 1.29. The van der Waals surface area contributed by atoms with Gasteiger partial charge in [0, 0.05) is 0 Å². The van der Waals surface area contributed by atoms with Crippen LogP contribution in [0.2, 0.25) is 0 Å². The molecule has 0 N–H and O–H groups in total. The predicted octanol–water partition coefficient (Wildman–Crippen LogP) is 7.07. The van der Waals surface area contributed by atoms with E-state index in [-0.39, 0.29) is 23.6 Å². The lowest BCUT2D eigenvalue weighted by Crippen LogP contribution is -2.45. The Balaban J connectivity index is 1.49. The van der Waals surface area contributed by atoms with E-state index in [9.17, 15) is 4.79 Å². The molecule has 3 aliphatic rings. The van der Waals surface area contributed by atoms with Crippen LogP contribution in [0.1, 0.15) is 39.5 Å².